The Morgan fingerprint density at radius 3 is 2.47 bits per heavy atom. The van der Waals surface area contributed by atoms with Gasteiger partial charge < -0.3 is 20.5 Å². The number of carbonyl (C=O) groups excluding carboxylic acids is 1. The summed E-state index contributed by atoms with van der Waals surface area (Å²) in [6.07, 6.45) is 2.39. The van der Waals surface area contributed by atoms with Gasteiger partial charge in [-0.2, -0.15) is 0 Å². The Labute approximate surface area is 228 Å². The van der Waals surface area contributed by atoms with Crippen molar-refractivity contribution in [1.82, 2.24) is 10.3 Å². The Hall–Kier alpha value is -3.16. The van der Waals surface area contributed by atoms with E-state index in [-0.39, 0.29) is 10.9 Å². The highest BCUT2D eigenvalue weighted by Crippen LogP contribution is 2.34. The van der Waals surface area contributed by atoms with Crippen molar-refractivity contribution >= 4 is 17.5 Å². The average Bonchev–Trinajstić information content (AvgIpc) is 3.71. The van der Waals surface area contributed by atoms with E-state index in [0.29, 0.717) is 47.4 Å². The van der Waals surface area contributed by atoms with Crippen LogP contribution in [0.15, 0.2) is 48.5 Å². The first-order chi connectivity index (χ1) is 17.9. The summed E-state index contributed by atoms with van der Waals surface area (Å²) < 4.78 is 25.1. The van der Waals surface area contributed by atoms with Crippen molar-refractivity contribution in [3.63, 3.8) is 0 Å². The van der Waals surface area contributed by atoms with Gasteiger partial charge in [0.25, 0.3) is 5.91 Å². The van der Waals surface area contributed by atoms with Crippen molar-refractivity contribution in [1.29, 1.82) is 0 Å². The molecule has 0 bridgehead atoms. The number of ether oxygens (including phenoxy) is 2. The second kappa shape index (κ2) is 10.9. The molecular weight excluding hydrogens is 505 g/mol. The van der Waals surface area contributed by atoms with Crippen LogP contribution in [-0.2, 0) is 11.0 Å². The van der Waals surface area contributed by atoms with E-state index in [1.54, 1.807) is 37.4 Å². The summed E-state index contributed by atoms with van der Waals surface area (Å²) in [5, 5.41) is 3.05. The van der Waals surface area contributed by atoms with Gasteiger partial charge in [0.05, 0.1) is 24.4 Å². The molecule has 38 heavy (non-hydrogen) atoms. The van der Waals surface area contributed by atoms with Crippen molar-refractivity contribution in [2.75, 3.05) is 20.3 Å². The van der Waals surface area contributed by atoms with Crippen LogP contribution in [0, 0.1) is 11.7 Å². The van der Waals surface area contributed by atoms with Gasteiger partial charge in [-0.15, -0.1) is 0 Å². The third-order valence-electron chi connectivity index (χ3n) is 6.77. The molecule has 8 heteroatoms. The first-order valence-electron chi connectivity index (χ1n) is 12.7. The van der Waals surface area contributed by atoms with Gasteiger partial charge in [0.15, 0.2) is 11.5 Å². The summed E-state index contributed by atoms with van der Waals surface area (Å²) in [4.78, 5) is 17.9. The van der Waals surface area contributed by atoms with Gasteiger partial charge in [-0.25, -0.2) is 4.39 Å². The Bertz CT molecular complexity index is 1330. The van der Waals surface area contributed by atoms with Gasteiger partial charge in [0.1, 0.15) is 5.82 Å². The van der Waals surface area contributed by atoms with Crippen LogP contribution >= 0.6 is 11.6 Å². The lowest BCUT2D eigenvalue weighted by Crippen LogP contribution is -2.38. The lowest BCUT2D eigenvalue weighted by atomic mass is 9.84. The molecule has 0 radical (unpaired) electrons. The standard InChI is InChI=1S/C30H35ClFN3O3/c1-29(2,17-34-28(36)20-9-11-25(26(13-20)37-5)38-16-18-6-7-18)27-15-21(30(3,4)33)14-24(35-27)19-8-10-23(32)22(31)12-19/h8-15,18H,6-7,16-17,33H2,1-5H3,(H,34,36). The number of rotatable bonds is 10. The minimum absolute atomic E-state index is 0.0224. The Balaban J connectivity index is 1.55. The molecule has 0 atom stereocenters. The molecule has 202 valence electrons. The smallest absolute Gasteiger partial charge is 0.251 e. The number of amides is 1. The summed E-state index contributed by atoms with van der Waals surface area (Å²) in [6.45, 7) is 8.80. The number of nitrogens with one attached hydrogen (secondary N) is 1. The molecular formula is C30H35ClFN3O3. The van der Waals surface area contributed by atoms with E-state index in [2.05, 4.69) is 5.32 Å². The molecule has 3 N–H and O–H groups in total. The molecule has 1 saturated carbocycles. The highest BCUT2D eigenvalue weighted by Gasteiger charge is 2.28. The quantitative estimate of drug-likeness (QED) is 0.318. The van der Waals surface area contributed by atoms with E-state index in [1.165, 1.54) is 18.9 Å². The zero-order chi connectivity index (χ0) is 27.7. The fraction of sp³-hybridized carbons (Fsp3) is 0.400. The van der Waals surface area contributed by atoms with Crippen LogP contribution in [0.4, 0.5) is 4.39 Å². The minimum Gasteiger partial charge on any atom is -0.493 e. The zero-order valence-corrected chi connectivity index (χ0v) is 23.3. The topological polar surface area (TPSA) is 86.5 Å². The van der Waals surface area contributed by atoms with E-state index in [9.17, 15) is 9.18 Å². The summed E-state index contributed by atoms with van der Waals surface area (Å²) in [5.74, 6) is 1.05. The molecule has 1 heterocycles. The average molecular weight is 540 g/mol. The van der Waals surface area contributed by atoms with Crippen molar-refractivity contribution in [3.05, 3.63) is 76.2 Å². The van der Waals surface area contributed by atoms with Crippen molar-refractivity contribution in [3.8, 4) is 22.8 Å². The summed E-state index contributed by atoms with van der Waals surface area (Å²) >= 11 is 6.04. The van der Waals surface area contributed by atoms with E-state index in [4.69, 9.17) is 31.8 Å². The van der Waals surface area contributed by atoms with Crippen LogP contribution in [0.3, 0.4) is 0 Å². The number of nitrogens with zero attached hydrogens (tertiary/aromatic N) is 1. The molecule has 0 saturated heterocycles. The van der Waals surface area contributed by atoms with Gasteiger partial charge in [-0.05, 0) is 86.7 Å². The lowest BCUT2D eigenvalue weighted by molar-refractivity contribution is 0.0945. The fourth-order valence-corrected chi connectivity index (χ4v) is 4.15. The normalized spacial score (nSPS) is 13.8. The third kappa shape index (κ3) is 6.63. The molecule has 1 aromatic heterocycles. The maximum Gasteiger partial charge on any atom is 0.251 e. The molecule has 0 spiro atoms. The number of benzene rings is 2. The number of carbonyl (C=O) groups is 1. The predicted octanol–water partition coefficient (Wildman–Crippen LogP) is 6.24. The van der Waals surface area contributed by atoms with E-state index < -0.39 is 16.8 Å². The number of halogens is 2. The van der Waals surface area contributed by atoms with Crippen LogP contribution in [0.25, 0.3) is 11.3 Å². The molecule has 4 rings (SSSR count). The summed E-state index contributed by atoms with van der Waals surface area (Å²) in [7, 11) is 1.56. The fourth-order valence-electron chi connectivity index (χ4n) is 3.97. The van der Waals surface area contributed by atoms with Crippen LogP contribution in [0.5, 0.6) is 11.5 Å². The molecule has 3 aromatic rings. The van der Waals surface area contributed by atoms with E-state index in [0.717, 1.165) is 11.3 Å². The number of methoxy groups -OCH3 is 1. The van der Waals surface area contributed by atoms with Gasteiger partial charge in [-0.3, -0.25) is 9.78 Å². The van der Waals surface area contributed by atoms with Gasteiger partial charge in [0.2, 0.25) is 0 Å². The summed E-state index contributed by atoms with van der Waals surface area (Å²) in [6, 6.07) is 13.6. The zero-order valence-electron chi connectivity index (χ0n) is 22.5. The molecule has 0 unspecified atom stereocenters. The maximum absolute atomic E-state index is 13.8. The molecule has 1 aliphatic carbocycles. The maximum atomic E-state index is 13.8. The number of hydrogen-bond acceptors (Lipinski definition) is 5. The monoisotopic (exact) mass is 539 g/mol. The van der Waals surface area contributed by atoms with Crippen molar-refractivity contribution < 1.29 is 18.7 Å². The van der Waals surface area contributed by atoms with Gasteiger partial charge in [-0.1, -0.05) is 25.4 Å². The molecule has 1 aliphatic rings. The Morgan fingerprint density at radius 2 is 1.84 bits per heavy atom. The second-order valence-electron chi connectivity index (χ2n) is 11.2. The molecule has 2 aromatic carbocycles. The largest absolute Gasteiger partial charge is 0.493 e. The first-order valence-corrected chi connectivity index (χ1v) is 13.1. The molecule has 6 nitrogen and oxygen atoms in total. The number of nitrogens with two attached hydrogens (primary N) is 1. The van der Waals surface area contributed by atoms with Gasteiger partial charge in [0, 0.05) is 34.3 Å². The van der Waals surface area contributed by atoms with Gasteiger partial charge >= 0.3 is 0 Å². The van der Waals surface area contributed by atoms with E-state index in [1.807, 2.05) is 39.8 Å². The molecule has 1 fully saturated rings. The number of hydrogen-bond donors (Lipinski definition) is 2. The molecule has 0 aliphatic heterocycles. The predicted molar refractivity (Wildman–Crippen MR) is 148 cm³/mol. The van der Waals surface area contributed by atoms with Crippen LogP contribution in [-0.4, -0.2) is 31.2 Å². The van der Waals surface area contributed by atoms with Crippen molar-refractivity contribution in [2.45, 2.75) is 51.5 Å². The highest BCUT2D eigenvalue weighted by atomic mass is 35.5. The first kappa shape index (κ1) is 27.9. The van der Waals surface area contributed by atoms with Crippen LogP contribution < -0.4 is 20.5 Å². The Kier molecular flexibility index (Phi) is 8.00. The summed E-state index contributed by atoms with van der Waals surface area (Å²) in [5.41, 5.74) is 8.64. The number of aromatic nitrogens is 1. The van der Waals surface area contributed by atoms with Crippen molar-refractivity contribution in [2.24, 2.45) is 11.7 Å². The minimum atomic E-state index is -0.643. The SMILES string of the molecule is COc1cc(C(=O)NCC(C)(C)c2cc(C(C)(C)N)cc(-c3ccc(F)c(Cl)c3)n2)ccc1OCC1CC1. The van der Waals surface area contributed by atoms with Crippen LogP contribution in [0.1, 0.15) is 62.2 Å². The Morgan fingerprint density at radius 1 is 1.11 bits per heavy atom. The highest BCUT2D eigenvalue weighted by molar-refractivity contribution is 6.31. The molecule has 1 amide bonds. The van der Waals surface area contributed by atoms with E-state index >= 15 is 0 Å². The van der Waals surface area contributed by atoms with Crippen LogP contribution in [0.2, 0.25) is 5.02 Å². The third-order valence-corrected chi connectivity index (χ3v) is 7.06. The second-order valence-corrected chi connectivity index (χ2v) is 11.6. The lowest BCUT2D eigenvalue weighted by Gasteiger charge is -2.28. The number of pyridine rings is 1.